The van der Waals surface area contributed by atoms with Gasteiger partial charge < -0.3 is 9.84 Å². The van der Waals surface area contributed by atoms with E-state index in [0.29, 0.717) is 11.3 Å². The summed E-state index contributed by atoms with van der Waals surface area (Å²) in [7, 11) is 0. The van der Waals surface area contributed by atoms with Gasteiger partial charge in [-0.25, -0.2) is 0 Å². The molecule has 176 valence electrons. The van der Waals surface area contributed by atoms with Gasteiger partial charge in [0.05, 0.1) is 17.3 Å². The number of nitrogens with one attached hydrogen (secondary N) is 1. The summed E-state index contributed by atoms with van der Waals surface area (Å²) in [4.78, 5) is 12.1. The van der Waals surface area contributed by atoms with Crippen LogP contribution in [0.2, 0.25) is 0 Å². The molecule has 3 aromatic carbocycles. The molecule has 0 aliphatic rings. The molecule has 34 heavy (non-hydrogen) atoms. The number of nitrogens with zero attached hydrogens (tertiary/aromatic N) is 1. The first-order valence-corrected chi connectivity index (χ1v) is 11.1. The van der Waals surface area contributed by atoms with E-state index in [2.05, 4.69) is 10.2 Å². The number of H-pyrrole nitrogens is 1. The number of aliphatic carboxylic acids is 1. The van der Waals surface area contributed by atoms with Crippen molar-refractivity contribution in [3.05, 3.63) is 89.6 Å². The number of hydrogen-bond donors (Lipinski definition) is 2. The lowest BCUT2D eigenvalue weighted by Crippen LogP contribution is -2.26. The summed E-state index contributed by atoms with van der Waals surface area (Å²) in [5, 5.41) is 17.2. The summed E-state index contributed by atoms with van der Waals surface area (Å²) in [5.74, 6) is -0.438. The van der Waals surface area contributed by atoms with Crippen molar-refractivity contribution in [1.29, 1.82) is 0 Å². The van der Waals surface area contributed by atoms with E-state index in [0.717, 1.165) is 33.5 Å². The van der Waals surface area contributed by atoms with Gasteiger partial charge in [-0.2, -0.15) is 18.3 Å². The minimum Gasteiger partial charge on any atom is -0.481 e. The Morgan fingerprint density at radius 1 is 1.03 bits per heavy atom. The van der Waals surface area contributed by atoms with E-state index in [9.17, 15) is 23.1 Å². The van der Waals surface area contributed by atoms with Crippen LogP contribution in [-0.2, 0) is 11.0 Å². The lowest BCUT2D eigenvalue weighted by molar-refractivity contribution is -0.139. The van der Waals surface area contributed by atoms with E-state index in [1.165, 1.54) is 23.9 Å². The Hall–Kier alpha value is -3.46. The third kappa shape index (κ3) is 5.04. The maximum atomic E-state index is 13.1. The zero-order valence-corrected chi connectivity index (χ0v) is 19.1. The maximum absolute atomic E-state index is 13.1. The number of halogens is 3. The van der Waals surface area contributed by atoms with E-state index in [1.54, 1.807) is 44.3 Å². The van der Waals surface area contributed by atoms with Crippen LogP contribution in [0.5, 0.6) is 5.75 Å². The van der Waals surface area contributed by atoms with E-state index >= 15 is 0 Å². The fourth-order valence-electron chi connectivity index (χ4n) is 3.43. The van der Waals surface area contributed by atoms with Crippen LogP contribution in [0, 0.1) is 0 Å². The Labute approximate surface area is 198 Å². The molecule has 1 heterocycles. The molecule has 1 atom stereocenters. The van der Waals surface area contributed by atoms with Crippen LogP contribution in [0.15, 0.2) is 77.8 Å². The molecule has 0 aliphatic carbocycles. The molecule has 4 aromatic rings. The van der Waals surface area contributed by atoms with Crippen molar-refractivity contribution in [2.24, 2.45) is 0 Å². The normalized spacial score (nSPS) is 13.1. The van der Waals surface area contributed by atoms with Gasteiger partial charge in [-0.1, -0.05) is 30.3 Å². The van der Waals surface area contributed by atoms with Crippen molar-refractivity contribution >= 4 is 28.6 Å². The third-order valence-electron chi connectivity index (χ3n) is 5.30. The molecule has 0 saturated heterocycles. The Balaban J connectivity index is 1.68. The van der Waals surface area contributed by atoms with Crippen LogP contribution >= 0.6 is 11.8 Å². The van der Waals surface area contributed by atoms with Crippen molar-refractivity contribution in [3.63, 3.8) is 0 Å². The Kier molecular flexibility index (Phi) is 6.31. The fourth-order valence-corrected chi connectivity index (χ4v) is 4.38. The number of rotatable bonds is 7. The second kappa shape index (κ2) is 9.06. The average Bonchev–Trinajstić information content (AvgIpc) is 3.27. The van der Waals surface area contributed by atoms with Gasteiger partial charge in [0.2, 0.25) is 0 Å². The highest BCUT2D eigenvalue weighted by molar-refractivity contribution is 8.01. The number of para-hydroxylation sites is 1. The van der Waals surface area contributed by atoms with Gasteiger partial charge in [0.25, 0.3) is 0 Å². The Morgan fingerprint density at radius 3 is 2.32 bits per heavy atom. The number of thioether (sulfide) groups is 1. The largest absolute Gasteiger partial charge is 0.481 e. The summed E-state index contributed by atoms with van der Waals surface area (Å²) in [6, 6.07) is 17.4. The highest BCUT2D eigenvalue weighted by Crippen LogP contribution is 2.37. The monoisotopic (exact) mass is 486 g/mol. The molecule has 1 unspecified atom stereocenters. The van der Waals surface area contributed by atoms with Crippen molar-refractivity contribution in [2.75, 3.05) is 0 Å². The topological polar surface area (TPSA) is 75.2 Å². The number of benzene rings is 3. The predicted molar refractivity (Wildman–Crippen MR) is 124 cm³/mol. The van der Waals surface area contributed by atoms with Gasteiger partial charge >= 0.3 is 12.1 Å². The number of carbonyl (C=O) groups is 1. The van der Waals surface area contributed by atoms with Gasteiger partial charge in [0.15, 0.2) is 6.10 Å². The second-order valence-electron chi connectivity index (χ2n) is 8.19. The standard InChI is InChI=1S/C25H21F3N2O3S/c1-24(2,23(31)32)34-19-12-10-18(11-13-19)33-22(15-6-8-17(9-7-15)25(26,27)28)20-5-3-4-16-14-29-30-21(16)20/h3-14,22H,1-2H3,(H,29,30)(H,31,32). The number of fused-ring (bicyclic) bond motifs is 1. The van der Waals surface area contributed by atoms with Gasteiger partial charge in [0.1, 0.15) is 10.5 Å². The Morgan fingerprint density at radius 2 is 1.71 bits per heavy atom. The molecule has 2 N–H and O–H groups in total. The van der Waals surface area contributed by atoms with Gasteiger partial charge in [-0.05, 0) is 55.8 Å². The number of alkyl halides is 3. The predicted octanol–water partition coefficient (Wildman–Crippen LogP) is 6.71. The summed E-state index contributed by atoms with van der Waals surface area (Å²) >= 11 is 1.21. The molecule has 0 aliphatic heterocycles. The zero-order valence-electron chi connectivity index (χ0n) is 18.3. The smallest absolute Gasteiger partial charge is 0.416 e. The quantitative estimate of drug-likeness (QED) is 0.284. The Bertz CT molecular complexity index is 1300. The molecule has 0 spiro atoms. The van der Waals surface area contributed by atoms with Crippen molar-refractivity contribution in [2.45, 2.75) is 35.8 Å². The molecular weight excluding hydrogens is 465 g/mol. The molecule has 9 heteroatoms. The lowest BCUT2D eigenvalue weighted by atomic mass is 9.98. The minimum atomic E-state index is -4.44. The number of aromatic nitrogens is 2. The molecule has 0 bridgehead atoms. The van der Waals surface area contributed by atoms with Crippen LogP contribution in [0.3, 0.4) is 0 Å². The van der Waals surface area contributed by atoms with Crippen molar-refractivity contribution in [1.82, 2.24) is 10.2 Å². The summed E-state index contributed by atoms with van der Waals surface area (Å²) < 4.78 is 44.5. The molecule has 0 fully saturated rings. The van der Waals surface area contributed by atoms with Crippen molar-refractivity contribution < 1.29 is 27.8 Å². The molecule has 0 saturated carbocycles. The molecule has 0 amide bonds. The minimum absolute atomic E-state index is 0.485. The van der Waals surface area contributed by atoms with Crippen LogP contribution in [0.4, 0.5) is 13.2 Å². The van der Waals surface area contributed by atoms with E-state index in [-0.39, 0.29) is 0 Å². The number of hydrogen-bond acceptors (Lipinski definition) is 4. The zero-order chi connectivity index (χ0) is 24.5. The van der Waals surface area contributed by atoms with Crippen LogP contribution in [-0.4, -0.2) is 26.0 Å². The van der Waals surface area contributed by atoms with Crippen LogP contribution in [0.25, 0.3) is 10.9 Å². The summed E-state index contributed by atoms with van der Waals surface area (Å²) in [6.45, 7) is 3.24. The fraction of sp³-hybridized carbons (Fsp3) is 0.200. The maximum Gasteiger partial charge on any atom is 0.416 e. The number of ether oxygens (including phenoxy) is 1. The first kappa shape index (κ1) is 23.7. The highest BCUT2D eigenvalue weighted by Gasteiger charge is 2.31. The average molecular weight is 487 g/mol. The van der Waals surface area contributed by atoms with Crippen LogP contribution < -0.4 is 4.74 Å². The number of aromatic amines is 1. The van der Waals surface area contributed by atoms with Crippen LogP contribution in [0.1, 0.15) is 36.6 Å². The molecule has 5 nitrogen and oxygen atoms in total. The van der Waals surface area contributed by atoms with Gasteiger partial charge in [-0.15, -0.1) is 11.8 Å². The first-order valence-electron chi connectivity index (χ1n) is 10.3. The summed E-state index contributed by atoms with van der Waals surface area (Å²) in [5.41, 5.74) is 1.25. The highest BCUT2D eigenvalue weighted by atomic mass is 32.2. The number of carboxylic acid groups (broad SMARTS) is 1. The molecule has 0 radical (unpaired) electrons. The third-order valence-corrected chi connectivity index (χ3v) is 6.49. The second-order valence-corrected chi connectivity index (χ2v) is 9.88. The van der Waals surface area contributed by atoms with E-state index in [4.69, 9.17) is 4.74 Å². The van der Waals surface area contributed by atoms with E-state index < -0.39 is 28.6 Å². The molecular formula is C25H21F3N2O3S. The molecule has 4 rings (SSSR count). The van der Waals surface area contributed by atoms with Gasteiger partial charge in [-0.3, -0.25) is 9.89 Å². The number of carboxylic acids is 1. The van der Waals surface area contributed by atoms with E-state index in [1.807, 2.05) is 18.2 Å². The van der Waals surface area contributed by atoms with Crippen molar-refractivity contribution in [3.8, 4) is 5.75 Å². The first-order chi connectivity index (χ1) is 16.0. The van der Waals surface area contributed by atoms with Gasteiger partial charge in [0, 0.05) is 15.8 Å². The summed E-state index contributed by atoms with van der Waals surface area (Å²) in [6.07, 6.45) is -3.48. The SMILES string of the molecule is CC(C)(Sc1ccc(OC(c2ccc(C(F)(F)F)cc2)c2cccc3cn[nH]c23)cc1)C(=O)O. The lowest BCUT2D eigenvalue weighted by Gasteiger charge is -2.22. The molecule has 1 aromatic heterocycles.